The summed E-state index contributed by atoms with van der Waals surface area (Å²) >= 11 is 3.81. The Morgan fingerprint density at radius 3 is 1.59 bits per heavy atom. The molecular formula is C56H35NS2. The first kappa shape index (κ1) is 34.0. The summed E-state index contributed by atoms with van der Waals surface area (Å²) in [6, 6.07) is 77.9. The van der Waals surface area contributed by atoms with E-state index in [-0.39, 0.29) is 0 Å². The fourth-order valence-corrected chi connectivity index (χ4v) is 11.5. The largest absolute Gasteiger partial charge is 0.311 e. The number of thiophene rings is 2. The average molecular weight is 786 g/mol. The molecule has 0 saturated carbocycles. The molecule has 0 atom stereocenters. The Morgan fingerprint density at radius 1 is 0.288 bits per heavy atom. The molecule has 0 fully saturated rings. The molecule has 2 heterocycles. The van der Waals surface area contributed by atoms with Crippen LogP contribution < -0.4 is 4.90 Å². The van der Waals surface area contributed by atoms with E-state index in [9.17, 15) is 0 Å². The van der Waals surface area contributed by atoms with E-state index >= 15 is 0 Å². The molecule has 0 aliphatic carbocycles. The second kappa shape index (κ2) is 13.8. The van der Waals surface area contributed by atoms with Gasteiger partial charge in [-0.3, -0.25) is 0 Å². The van der Waals surface area contributed by atoms with Gasteiger partial charge in [-0.1, -0.05) is 152 Å². The van der Waals surface area contributed by atoms with Crippen LogP contribution in [0.4, 0.5) is 17.1 Å². The number of hydrogen-bond acceptors (Lipinski definition) is 3. The number of fused-ring (bicyclic) bond motifs is 10. The zero-order valence-electron chi connectivity index (χ0n) is 32.0. The third-order valence-electron chi connectivity index (χ3n) is 11.9. The highest BCUT2D eigenvalue weighted by Crippen LogP contribution is 2.47. The van der Waals surface area contributed by atoms with Crippen molar-refractivity contribution in [3.05, 3.63) is 212 Å². The molecule has 12 aromatic rings. The van der Waals surface area contributed by atoms with E-state index in [1.807, 2.05) is 22.7 Å². The monoisotopic (exact) mass is 785 g/mol. The summed E-state index contributed by atoms with van der Waals surface area (Å²) in [6.45, 7) is 0. The number of benzene rings is 10. The molecule has 0 N–H and O–H groups in total. The molecule has 0 unspecified atom stereocenters. The second-order valence-electron chi connectivity index (χ2n) is 15.3. The van der Waals surface area contributed by atoms with E-state index in [0.29, 0.717) is 0 Å². The molecule has 0 spiro atoms. The van der Waals surface area contributed by atoms with Crippen molar-refractivity contribution in [2.75, 3.05) is 4.90 Å². The molecule has 0 amide bonds. The Balaban J connectivity index is 0.949. The molecule has 276 valence electrons. The van der Waals surface area contributed by atoms with E-state index in [0.717, 1.165) is 17.1 Å². The SMILES string of the molecule is c1ccc(-c2ccc(N(c3ccc(-c4ccc5c(ccc6ccccc65)c4)cc3)c3ccc(-c4cccc5sc6ccc7c8ccccc8sc7c6c45)cc3)cc2)cc1. The predicted molar refractivity (Wildman–Crippen MR) is 258 cm³/mol. The molecule has 10 aromatic carbocycles. The van der Waals surface area contributed by atoms with Crippen LogP contribution in [0.5, 0.6) is 0 Å². The summed E-state index contributed by atoms with van der Waals surface area (Å²) in [4.78, 5) is 2.37. The van der Waals surface area contributed by atoms with E-state index < -0.39 is 0 Å². The Labute approximate surface area is 350 Å². The normalized spacial score (nSPS) is 11.7. The number of nitrogens with zero attached hydrogens (tertiary/aromatic N) is 1. The third-order valence-corrected chi connectivity index (χ3v) is 14.2. The zero-order valence-corrected chi connectivity index (χ0v) is 33.6. The maximum absolute atomic E-state index is 2.37. The highest BCUT2D eigenvalue weighted by atomic mass is 32.1. The van der Waals surface area contributed by atoms with Crippen LogP contribution in [-0.4, -0.2) is 0 Å². The Hall–Kier alpha value is -7.04. The zero-order chi connectivity index (χ0) is 38.9. The third kappa shape index (κ3) is 5.73. The minimum absolute atomic E-state index is 1.11. The van der Waals surface area contributed by atoms with Gasteiger partial charge in [0, 0.05) is 57.4 Å². The quantitative estimate of drug-likeness (QED) is 0.152. The van der Waals surface area contributed by atoms with Crippen molar-refractivity contribution in [1.29, 1.82) is 0 Å². The van der Waals surface area contributed by atoms with Gasteiger partial charge in [-0.15, -0.1) is 22.7 Å². The fourth-order valence-electron chi connectivity index (χ4n) is 8.99. The van der Waals surface area contributed by atoms with Crippen molar-refractivity contribution in [2.24, 2.45) is 0 Å². The summed E-state index contributed by atoms with van der Waals surface area (Å²) in [7, 11) is 0. The maximum Gasteiger partial charge on any atom is 0.0462 e. The van der Waals surface area contributed by atoms with Gasteiger partial charge >= 0.3 is 0 Å². The van der Waals surface area contributed by atoms with Crippen LogP contribution in [0.15, 0.2) is 212 Å². The van der Waals surface area contributed by atoms with E-state index in [1.54, 1.807) is 0 Å². The molecule has 3 heteroatoms. The minimum Gasteiger partial charge on any atom is -0.311 e. The Bertz CT molecular complexity index is 3520. The van der Waals surface area contributed by atoms with Crippen LogP contribution in [0, 0.1) is 0 Å². The number of hydrogen-bond donors (Lipinski definition) is 0. The van der Waals surface area contributed by atoms with Crippen LogP contribution in [0.2, 0.25) is 0 Å². The molecule has 0 bridgehead atoms. The molecule has 12 rings (SSSR count). The summed E-state index contributed by atoms with van der Waals surface area (Å²) in [5.41, 5.74) is 10.7. The van der Waals surface area contributed by atoms with Gasteiger partial charge in [0.1, 0.15) is 0 Å². The highest BCUT2D eigenvalue weighted by molar-refractivity contribution is 7.29. The van der Waals surface area contributed by atoms with Gasteiger partial charge in [-0.2, -0.15) is 0 Å². The standard InChI is InChI=1S/C56H35NS2/c1-2-9-36(10-3-1)37-19-26-43(27-20-37)57(44-28-21-38(22-29-44)41-25-32-47-42(35-41)18-17-39-11-4-5-12-46(39)47)45-30-23-40(24-31-45)48-14-8-16-52-54(48)55-53(58-52)34-33-50-49-13-6-7-15-51(49)59-56(50)55/h1-35H. The van der Waals surface area contributed by atoms with Gasteiger partial charge in [-0.25, -0.2) is 0 Å². The Kier molecular flexibility index (Phi) is 7.97. The molecule has 1 nitrogen and oxygen atoms in total. The van der Waals surface area contributed by atoms with Crippen LogP contribution in [0.3, 0.4) is 0 Å². The van der Waals surface area contributed by atoms with E-state index in [4.69, 9.17) is 0 Å². The lowest BCUT2D eigenvalue weighted by molar-refractivity contribution is 1.28. The van der Waals surface area contributed by atoms with Gasteiger partial charge < -0.3 is 4.90 Å². The lowest BCUT2D eigenvalue weighted by atomic mass is 9.97. The summed E-state index contributed by atoms with van der Waals surface area (Å²) < 4.78 is 5.39. The van der Waals surface area contributed by atoms with Crippen molar-refractivity contribution in [3.8, 4) is 33.4 Å². The van der Waals surface area contributed by atoms with E-state index in [2.05, 4.69) is 217 Å². The summed E-state index contributed by atoms with van der Waals surface area (Å²) in [6.07, 6.45) is 0. The highest BCUT2D eigenvalue weighted by Gasteiger charge is 2.18. The molecule has 0 aliphatic rings. The van der Waals surface area contributed by atoms with Crippen LogP contribution in [-0.2, 0) is 0 Å². The van der Waals surface area contributed by atoms with Gasteiger partial charge in [-0.05, 0) is 116 Å². The van der Waals surface area contributed by atoms with Crippen LogP contribution in [0.1, 0.15) is 0 Å². The topological polar surface area (TPSA) is 3.24 Å². The number of rotatable bonds is 6. The first-order valence-electron chi connectivity index (χ1n) is 20.1. The minimum atomic E-state index is 1.11. The van der Waals surface area contributed by atoms with Gasteiger partial charge in [0.2, 0.25) is 0 Å². The smallest absolute Gasteiger partial charge is 0.0462 e. The predicted octanol–water partition coefficient (Wildman–Crippen LogP) is 17.2. The second-order valence-corrected chi connectivity index (χ2v) is 17.4. The van der Waals surface area contributed by atoms with Gasteiger partial charge in [0.25, 0.3) is 0 Å². The van der Waals surface area contributed by atoms with E-state index in [1.165, 1.54) is 95.3 Å². The fraction of sp³-hybridized carbons (Fsp3) is 0. The maximum atomic E-state index is 2.37. The van der Waals surface area contributed by atoms with Crippen molar-refractivity contribution in [1.82, 2.24) is 0 Å². The first-order valence-corrected chi connectivity index (χ1v) is 21.7. The van der Waals surface area contributed by atoms with Crippen LogP contribution >= 0.6 is 22.7 Å². The van der Waals surface area contributed by atoms with Crippen molar-refractivity contribution < 1.29 is 0 Å². The first-order chi connectivity index (χ1) is 29.2. The molecule has 59 heavy (non-hydrogen) atoms. The molecule has 2 aromatic heterocycles. The number of anilines is 3. The summed E-state index contributed by atoms with van der Waals surface area (Å²) in [5.74, 6) is 0. The Morgan fingerprint density at radius 2 is 0.831 bits per heavy atom. The molecule has 0 saturated heterocycles. The van der Waals surface area contributed by atoms with Gasteiger partial charge in [0.15, 0.2) is 0 Å². The molecule has 0 aliphatic heterocycles. The lowest BCUT2D eigenvalue weighted by Gasteiger charge is -2.26. The van der Waals surface area contributed by atoms with Crippen molar-refractivity contribution in [3.63, 3.8) is 0 Å². The molecular weight excluding hydrogens is 751 g/mol. The van der Waals surface area contributed by atoms with Crippen LogP contribution in [0.25, 0.3) is 95.3 Å². The van der Waals surface area contributed by atoms with Crippen molar-refractivity contribution >= 4 is 102 Å². The summed E-state index contributed by atoms with van der Waals surface area (Å²) in [5, 5.41) is 10.5. The van der Waals surface area contributed by atoms with Crippen molar-refractivity contribution in [2.45, 2.75) is 0 Å². The lowest BCUT2D eigenvalue weighted by Crippen LogP contribution is -2.09. The molecule has 0 radical (unpaired) electrons. The average Bonchev–Trinajstić information content (AvgIpc) is 3.89. The van der Waals surface area contributed by atoms with Gasteiger partial charge in [0.05, 0.1) is 0 Å².